The van der Waals surface area contributed by atoms with Gasteiger partial charge in [-0.1, -0.05) is 19.1 Å². The van der Waals surface area contributed by atoms with Gasteiger partial charge in [0.2, 0.25) is 5.91 Å². The second-order valence-electron chi connectivity index (χ2n) is 7.61. The molecule has 1 amide bonds. The topological polar surface area (TPSA) is 115 Å². The molecule has 0 atom stereocenters. The van der Waals surface area contributed by atoms with Crippen LogP contribution >= 0.6 is 0 Å². The minimum Gasteiger partial charge on any atom is -0.497 e. The maximum Gasteiger partial charge on any atom is 0.273 e. The number of hydrogen-bond acceptors (Lipinski definition) is 7. The molecular weight excluding hydrogens is 436 g/mol. The van der Waals surface area contributed by atoms with Crippen LogP contribution in [-0.2, 0) is 17.6 Å². The normalized spacial score (nSPS) is 10.6. The van der Waals surface area contributed by atoms with Gasteiger partial charge in [-0.2, -0.15) is 0 Å². The van der Waals surface area contributed by atoms with Crippen molar-refractivity contribution in [1.29, 1.82) is 0 Å². The lowest BCUT2D eigenvalue weighted by Gasteiger charge is -2.11. The lowest BCUT2D eigenvalue weighted by atomic mass is 10.1. The van der Waals surface area contributed by atoms with Crippen LogP contribution in [-0.4, -0.2) is 48.5 Å². The number of carbonyl (C=O) groups is 1. The zero-order chi connectivity index (χ0) is 24.3. The number of nitrogens with zero attached hydrogens (tertiary/aromatic N) is 2. The summed E-state index contributed by atoms with van der Waals surface area (Å²) in [5.74, 6) is 2.13. The quantitative estimate of drug-likeness (QED) is 0.422. The Morgan fingerprint density at radius 3 is 2.47 bits per heavy atom. The molecule has 1 heterocycles. The summed E-state index contributed by atoms with van der Waals surface area (Å²) in [4.78, 5) is 27.4. The Balaban J connectivity index is 1.53. The minimum absolute atomic E-state index is 0.147. The predicted octanol–water partition coefficient (Wildman–Crippen LogP) is 2.93. The van der Waals surface area contributed by atoms with Gasteiger partial charge in [-0.25, -0.2) is 0 Å². The highest BCUT2D eigenvalue weighted by molar-refractivity contribution is 5.76. The van der Waals surface area contributed by atoms with E-state index in [0.29, 0.717) is 42.5 Å². The van der Waals surface area contributed by atoms with Crippen molar-refractivity contribution in [1.82, 2.24) is 20.5 Å². The average molecular weight is 467 g/mol. The summed E-state index contributed by atoms with van der Waals surface area (Å²) in [7, 11) is 3.17. The van der Waals surface area contributed by atoms with E-state index >= 15 is 0 Å². The van der Waals surface area contributed by atoms with Crippen molar-refractivity contribution in [2.24, 2.45) is 0 Å². The molecule has 0 radical (unpaired) electrons. The molecule has 34 heavy (non-hydrogen) atoms. The summed E-state index contributed by atoms with van der Waals surface area (Å²) in [5, 5.41) is 11.0. The zero-order valence-electron chi connectivity index (χ0n) is 19.7. The molecule has 180 valence electrons. The van der Waals surface area contributed by atoms with E-state index in [9.17, 15) is 9.59 Å². The third kappa shape index (κ3) is 6.81. The molecule has 2 aromatic carbocycles. The van der Waals surface area contributed by atoms with Crippen molar-refractivity contribution in [2.45, 2.75) is 32.6 Å². The first-order valence-corrected chi connectivity index (χ1v) is 11.2. The standard InChI is InChI=1S/C25H30N4O5/c1-4-15-34-21-11-7-18(16-22(21)33-3)24-27-25(31)20(28-29-24)10-12-23(30)26-14-13-17-5-8-19(32-2)9-6-17/h5-9,11,16H,4,10,12-15H2,1-3H3,(H,26,30)(H,27,29,31). The third-order valence-corrected chi connectivity index (χ3v) is 5.15. The van der Waals surface area contributed by atoms with Crippen LogP contribution in [0.5, 0.6) is 17.2 Å². The maximum absolute atomic E-state index is 12.5. The number of amides is 1. The Bertz CT molecular complexity index is 1140. The molecule has 0 aliphatic heterocycles. The number of nitrogens with one attached hydrogen (secondary N) is 2. The van der Waals surface area contributed by atoms with E-state index in [2.05, 4.69) is 20.5 Å². The largest absolute Gasteiger partial charge is 0.497 e. The number of methoxy groups -OCH3 is 2. The summed E-state index contributed by atoms with van der Waals surface area (Å²) in [6.07, 6.45) is 1.93. The molecule has 0 spiro atoms. The molecule has 9 nitrogen and oxygen atoms in total. The molecule has 9 heteroatoms. The first kappa shape index (κ1) is 24.8. The molecule has 0 unspecified atom stereocenters. The van der Waals surface area contributed by atoms with E-state index in [1.807, 2.05) is 31.2 Å². The Hall–Kier alpha value is -3.88. The van der Waals surface area contributed by atoms with Crippen molar-refractivity contribution < 1.29 is 19.0 Å². The molecule has 0 aliphatic carbocycles. The molecule has 0 bridgehead atoms. The van der Waals surface area contributed by atoms with Crippen LogP contribution in [0.4, 0.5) is 0 Å². The van der Waals surface area contributed by atoms with Gasteiger partial charge in [0.1, 0.15) is 11.4 Å². The Morgan fingerprint density at radius 1 is 1.00 bits per heavy atom. The van der Waals surface area contributed by atoms with Crippen LogP contribution in [0.2, 0.25) is 0 Å². The highest BCUT2D eigenvalue weighted by Crippen LogP contribution is 2.31. The van der Waals surface area contributed by atoms with Gasteiger partial charge in [-0.3, -0.25) is 9.59 Å². The molecule has 1 aromatic heterocycles. The van der Waals surface area contributed by atoms with E-state index in [1.165, 1.54) is 0 Å². The third-order valence-electron chi connectivity index (χ3n) is 5.15. The minimum atomic E-state index is -0.374. The number of rotatable bonds is 12. The van der Waals surface area contributed by atoms with E-state index in [0.717, 1.165) is 17.7 Å². The van der Waals surface area contributed by atoms with Gasteiger partial charge in [-0.15, -0.1) is 10.2 Å². The van der Waals surface area contributed by atoms with Crippen LogP contribution < -0.4 is 25.1 Å². The smallest absolute Gasteiger partial charge is 0.273 e. The molecule has 2 N–H and O–H groups in total. The Kier molecular flexibility index (Phi) is 9.02. The van der Waals surface area contributed by atoms with Gasteiger partial charge in [0, 0.05) is 24.9 Å². The number of H-pyrrole nitrogens is 1. The van der Waals surface area contributed by atoms with E-state index < -0.39 is 0 Å². The molecule has 0 aliphatic rings. The number of aryl methyl sites for hydroxylation is 1. The van der Waals surface area contributed by atoms with Crippen molar-refractivity contribution in [3.05, 3.63) is 64.1 Å². The molecule has 3 rings (SSSR count). The first-order valence-electron chi connectivity index (χ1n) is 11.2. The number of carbonyl (C=O) groups excluding carboxylic acids is 1. The van der Waals surface area contributed by atoms with Gasteiger partial charge in [0.25, 0.3) is 5.56 Å². The van der Waals surface area contributed by atoms with Crippen LogP contribution in [0.15, 0.2) is 47.3 Å². The lowest BCUT2D eigenvalue weighted by molar-refractivity contribution is -0.121. The molecule has 0 fully saturated rings. The SMILES string of the molecule is CCCOc1ccc(-c2nnc(CCC(=O)NCCc3ccc(OC)cc3)c(=O)[nH]2)cc1OC. The summed E-state index contributed by atoms with van der Waals surface area (Å²) in [5.41, 5.74) is 1.58. The fraction of sp³-hybridized carbons (Fsp3) is 0.360. The van der Waals surface area contributed by atoms with Crippen molar-refractivity contribution in [3.63, 3.8) is 0 Å². The van der Waals surface area contributed by atoms with Gasteiger partial charge < -0.3 is 24.5 Å². The van der Waals surface area contributed by atoms with Crippen molar-refractivity contribution in [3.8, 4) is 28.6 Å². The Morgan fingerprint density at radius 2 is 1.79 bits per heavy atom. The van der Waals surface area contributed by atoms with Crippen LogP contribution in [0.25, 0.3) is 11.4 Å². The lowest BCUT2D eigenvalue weighted by Crippen LogP contribution is -2.27. The second-order valence-corrected chi connectivity index (χ2v) is 7.61. The summed E-state index contributed by atoms with van der Waals surface area (Å²) < 4.78 is 16.2. The number of ether oxygens (including phenoxy) is 3. The first-order chi connectivity index (χ1) is 16.5. The summed E-state index contributed by atoms with van der Waals surface area (Å²) in [6, 6.07) is 13.0. The molecule has 0 saturated heterocycles. The maximum atomic E-state index is 12.5. The van der Waals surface area contributed by atoms with Gasteiger partial charge in [0.05, 0.1) is 20.8 Å². The van der Waals surface area contributed by atoms with E-state index in [1.54, 1.807) is 32.4 Å². The second kappa shape index (κ2) is 12.4. The highest BCUT2D eigenvalue weighted by atomic mass is 16.5. The highest BCUT2D eigenvalue weighted by Gasteiger charge is 2.12. The summed E-state index contributed by atoms with van der Waals surface area (Å²) >= 11 is 0. The van der Waals surface area contributed by atoms with Crippen molar-refractivity contribution >= 4 is 5.91 Å². The molecular formula is C25H30N4O5. The zero-order valence-corrected chi connectivity index (χ0v) is 19.7. The molecule has 3 aromatic rings. The molecule has 0 saturated carbocycles. The number of benzene rings is 2. The van der Waals surface area contributed by atoms with Crippen LogP contribution in [0.1, 0.15) is 31.0 Å². The monoisotopic (exact) mass is 466 g/mol. The van der Waals surface area contributed by atoms with E-state index in [4.69, 9.17) is 14.2 Å². The van der Waals surface area contributed by atoms with Gasteiger partial charge in [0.15, 0.2) is 17.3 Å². The van der Waals surface area contributed by atoms with Crippen LogP contribution in [0.3, 0.4) is 0 Å². The number of aromatic nitrogens is 3. The van der Waals surface area contributed by atoms with Gasteiger partial charge in [-0.05, 0) is 48.7 Å². The van der Waals surface area contributed by atoms with Crippen molar-refractivity contribution in [2.75, 3.05) is 27.4 Å². The van der Waals surface area contributed by atoms with Gasteiger partial charge >= 0.3 is 0 Å². The van der Waals surface area contributed by atoms with Crippen LogP contribution in [0, 0.1) is 0 Å². The van der Waals surface area contributed by atoms with E-state index in [-0.39, 0.29) is 30.0 Å². The number of aromatic amines is 1. The fourth-order valence-corrected chi connectivity index (χ4v) is 3.26. The fourth-order valence-electron chi connectivity index (χ4n) is 3.26. The summed E-state index contributed by atoms with van der Waals surface area (Å²) in [6.45, 7) is 3.11. The Labute approximate surface area is 198 Å². The average Bonchev–Trinajstić information content (AvgIpc) is 2.87. The predicted molar refractivity (Wildman–Crippen MR) is 128 cm³/mol. The number of hydrogen-bond donors (Lipinski definition) is 2.